The van der Waals surface area contributed by atoms with Crippen molar-refractivity contribution in [2.75, 3.05) is 6.61 Å². The second-order valence-corrected chi connectivity index (χ2v) is 7.05. The molecule has 0 spiro atoms. The molecule has 1 fully saturated rings. The highest BCUT2D eigenvalue weighted by Gasteiger charge is 2.45. The maximum absolute atomic E-state index is 11.4. The average Bonchev–Trinajstić information content (AvgIpc) is 2.38. The topological polar surface area (TPSA) is 29.5 Å². The molecular weight excluding hydrogens is 248 g/mol. The highest BCUT2D eigenvalue weighted by Crippen LogP contribution is 2.50. The van der Waals surface area contributed by atoms with Gasteiger partial charge in [0.15, 0.2) is 0 Å². The van der Waals surface area contributed by atoms with Gasteiger partial charge < -0.3 is 9.84 Å². The average molecular weight is 276 g/mol. The number of benzene rings is 1. The first kappa shape index (κ1) is 15.4. The van der Waals surface area contributed by atoms with Crippen LogP contribution in [0.1, 0.15) is 58.9 Å². The summed E-state index contributed by atoms with van der Waals surface area (Å²) < 4.78 is 5.59. The molecule has 2 atom stereocenters. The normalized spacial score (nSPS) is 27.4. The van der Waals surface area contributed by atoms with E-state index in [1.165, 1.54) is 6.42 Å². The third-order valence-electron chi connectivity index (χ3n) is 4.57. The van der Waals surface area contributed by atoms with E-state index in [-0.39, 0.29) is 5.41 Å². The summed E-state index contributed by atoms with van der Waals surface area (Å²) in [6.07, 6.45) is 4.26. The van der Waals surface area contributed by atoms with Gasteiger partial charge in [-0.05, 0) is 48.8 Å². The van der Waals surface area contributed by atoms with E-state index in [4.69, 9.17) is 4.74 Å². The summed E-state index contributed by atoms with van der Waals surface area (Å²) in [6.45, 7) is 9.35. The minimum atomic E-state index is -0.719. The number of rotatable bonds is 3. The lowest BCUT2D eigenvalue weighted by molar-refractivity contribution is -0.0960. The Bertz CT molecular complexity index is 447. The maximum atomic E-state index is 11.4. The number of aliphatic hydroxyl groups is 1. The molecule has 2 heteroatoms. The summed E-state index contributed by atoms with van der Waals surface area (Å²) in [4.78, 5) is 0. The van der Waals surface area contributed by atoms with Gasteiger partial charge in [-0.3, -0.25) is 0 Å². The fourth-order valence-corrected chi connectivity index (χ4v) is 3.67. The molecule has 1 aromatic carbocycles. The Morgan fingerprint density at radius 3 is 2.70 bits per heavy atom. The Morgan fingerprint density at radius 2 is 2.05 bits per heavy atom. The van der Waals surface area contributed by atoms with Crippen LogP contribution in [0.5, 0.6) is 5.75 Å². The molecule has 1 aliphatic rings. The molecule has 2 nitrogen and oxygen atoms in total. The van der Waals surface area contributed by atoms with Gasteiger partial charge in [0.25, 0.3) is 0 Å². The lowest BCUT2D eigenvalue weighted by atomic mass is 9.61. The van der Waals surface area contributed by atoms with Crippen LogP contribution in [0, 0.1) is 11.3 Å². The quantitative estimate of drug-likeness (QED) is 0.880. The van der Waals surface area contributed by atoms with Crippen molar-refractivity contribution >= 4 is 0 Å². The summed E-state index contributed by atoms with van der Waals surface area (Å²) in [7, 11) is 0. The van der Waals surface area contributed by atoms with Crippen molar-refractivity contribution in [3.05, 3.63) is 29.8 Å². The highest BCUT2D eigenvalue weighted by molar-refractivity contribution is 5.33. The van der Waals surface area contributed by atoms with Gasteiger partial charge in [0, 0.05) is 0 Å². The molecule has 1 aromatic rings. The van der Waals surface area contributed by atoms with E-state index in [2.05, 4.69) is 20.8 Å². The molecule has 0 aromatic heterocycles. The standard InChI is InChI=1S/C18H28O2/c1-5-20-15-10-8-9-14(13-15)18(19)12-7-6-11-16(18)17(2,3)4/h8-10,13,16,19H,5-7,11-12H2,1-4H3. The van der Waals surface area contributed by atoms with Crippen molar-refractivity contribution in [1.82, 2.24) is 0 Å². The number of hydrogen-bond acceptors (Lipinski definition) is 2. The van der Waals surface area contributed by atoms with Gasteiger partial charge >= 0.3 is 0 Å². The second kappa shape index (κ2) is 5.77. The van der Waals surface area contributed by atoms with Crippen molar-refractivity contribution in [3.8, 4) is 5.75 Å². The first-order valence-corrected chi connectivity index (χ1v) is 7.83. The van der Waals surface area contributed by atoms with Crippen LogP contribution in [0.3, 0.4) is 0 Å². The predicted molar refractivity (Wildman–Crippen MR) is 82.9 cm³/mol. The molecule has 1 saturated carbocycles. The van der Waals surface area contributed by atoms with E-state index in [1.807, 2.05) is 31.2 Å². The summed E-state index contributed by atoms with van der Waals surface area (Å²) in [6, 6.07) is 8.03. The number of hydrogen-bond donors (Lipinski definition) is 1. The van der Waals surface area contributed by atoms with Crippen molar-refractivity contribution in [2.45, 2.75) is 59.0 Å². The molecule has 1 N–H and O–H groups in total. The minimum Gasteiger partial charge on any atom is -0.494 e. The zero-order chi connectivity index (χ0) is 14.8. The molecular formula is C18H28O2. The molecule has 0 bridgehead atoms. The lowest BCUT2D eigenvalue weighted by Gasteiger charge is -2.47. The summed E-state index contributed by atoms with van der Waals surface area (Å²) in [5.41, 5.74) is 0.406. The van der Waals surface area contributed by atoms with Gasteiger partial charge in [-0.2, -0.15) is 0 Å². The van der Waals surface area contributed by atoms with Crippen LogP contribution in [0.4, 0.5) is 0 Å². The molecule has 20 heavy (non-hydrogen) atoms. The van der Waals surface area contributed by atoms with Gasteiger partial charge in [-0.15, -0.1) is 0 Å². The van der Waals surface area contributed by atoms with Crippen LogP contribution in [0.2, 0.25) is 0 Å². The highest BCUT2D eigenvalue weighted by atomic mass is 16.5. The second-order valence-electron chi connectivity index (χ2n) is 7.05. The van der Waals surface area contributed by atoms with Gasteiger partial charge in [0.2, 0.25) is 0 Å². The van der Waals surface area contributed by atoms with E-state index < -0.39 is 5.60 Å². The number of ether oxygens (including phenoxy) is 1. The van der Waals surface area contributed by atoms with Crippen LogP contribution in [0.25, 0.3) is 0 Å². The van der Waals surface area contributed by atoms with Crippen molar-refractivity contribution in [2.24, 2.45) is 11.3 Å². The van der Waals surface area contributed by atoms with Crippen LogP contribution in [-0.2, 0) is 5.60 Å². The summed E-state index contributed by atoms with van der Waals surface area (Å²) in [5.74, 6) is 1.15. The van der Waals surface area contributed by atoms with E-state index >= 15 is 0 Å². The van der Waals surface area contributed by atoms with Gasteiger partial charge in [0.1, 0.15) is 5.75 Å². The van der Waals surface area contributed by atoms with Crippen molar-refractivity contribution < 1.29 is 9.84 Å². The van der Waals surface area contributed by atoms with E-state index in [1.54, 1.807) is 0 Å². The zero-order valence-corrected chi connectivity index (χ0v) is 13.3. The Kier molecular flexibility index (Phi) is 4.43. The van der Waals surface area contributed by atoms with Gasteiger partial charge in [-0.1, -0.05) is 45.7 Å². The SMILES string of the molecule is CCOc1cccc(C2(O)CCCCC2C(C)(C)C)c1. The van der Waals surface area contributed by atoms with Crippen molar-refractivity contribution in [3.63, 3.8) is 0 Å². The molecule has 0 radical (unpaired) electrons. The maximum Gasteiger partial charge on any atom is 0.119 e. The lowest BCUT2D eigenvalue weighted by Crippen LogP contribution is -2.44. The van der Waals surface area contributed by atoms with Crippen LogP contribution >= 0.6 is 0 Å². The Labute approximate surface area is 123 Å². The van der Waals surface area contributed by atoms with E-state index in [0.29, 0.717) is 12.5 Å². The van der Waals surface area contributed by atoms with E-state index in [9.17, 15) is 5.11 Å². The molecule has 2 unspecified atom stereocenters. The predicted octanol–water partition coefficient (Wildman–Crippen LogP) is 4.51. The smallest absolute Gasteiger partial charge is 0.119 e. The van der Waals surface area contributed by atoms with Gasteiger partial charge in [-0.25, -0.2) is 0 Å². The Balaban J connectivity index is 2.38. The zero-order valence-electron chi connectivity index (χ0n) is 13.3. The molecule has 0 saturated heterocycles. The van der Waals surface area contributed by atoms with E-state index in [0.717, 1.165) is 30.6 Å². The fraction of sp³-hybridized carbons (Fsp3) is 0.667. The molecule has 0 heterocycles. The third-order valence-corrected chi connectivity index (χ3v) is 4.57. The van der Waals surface area contributed by atoms with Crippen LogP contribution in [-0.4, -0.2) is 11.7 Å². The van der Waals surface area contributed by atoms with Crippen LogP contribution in [0.15, 0.2) is 24.3 Å². The Hall–Kier alpha value is -1.02. The largest absolute Gasteiger partial charge is 0.494 e. The minimum absolute atomic E-state index is 0.108. The Morgan fingerprint density at radius 1 is 1.30 bits per heavy atom. The molecule has 1 aliphatic carbocycles. The molecule has 112 valence electrons. The van der Waals surface area contributed by atoms with Crippen LogP contribution < -0.4 is 4.74 Å². The molecule has 2 rings (SSSR count). The van der Waals surface area contributed by atoms with Crippen molar-refractivity contribution in [1.29, 1.82) is 0 Å². The first-order chi connectivity index (χ1) is 9.38. The summed E-state index contributed by atoms with van der Waals surface area (Å²) >= 11 is 0. The fourth-order valence-electron chi connectivity index (χ4n) is 3.67. The summed E-state index contributed by atoms with van der Waals surface area (Å²) in [5, 5.41) is 11.4. The first-order valence-electron chi connectivity index (χ1n) is 7.83. The van der Waals surface area contributed by atoms with Gasteiger partial charge in [0.05, 0.1) is 12.2 Å². The molecule has 0 aliphatic heterocycles. The monoisotopic (exact) mass is 276 g/mol. The molecule has 0 amide bonds. The third kappa shape index (κ3) is 3.01.